The maximum atomic E-state index is 6.51. The lowest BCUT2D eigenvalue weighted by Gasteiger charge is -2.22. The van der Waals surface area contributed by atoms with E-state index in [1.807, 2.05) is 0 Å². The number of allylic oxidation sites excluding steroid dienone is 2. The van der Waals surface area contributed by atoms with Gasteiger partial charge in [-0.15, -0.1) is 0 Å². The molecular weight excluding hydrogens is 640 g/mol. The lowest BCUT2D eigenvalue weighted by atomic mass is 10.1. The molecule has 0 aromatic rings. The average Bonchev–Trinajstić information content (AvgIpc) is 3.14. The molecule has 0 heterocycles. The summed E-state index contributed by atoms with van der Waals surface area (Å²) in [6, 6.07) is 0. The van der Waals surface area contributed by atoms with Crippen LogP contribution in [0.4, 0.5) is 0 Å². The maximum Gasteiger partial charge on any atom is 0.180 e. The van der Waals surface area contributed by atoms with Crippen LogP contribution in [0.1, 0.15) is 196 Å². The zero-order chi connectivity index (χ0) is 37.3. The fourth-order valence-electron chi connectivity index (χ4n) is 5.56. The summed E-state index contributed by atoms with van der Waals surface area (Å²) in [7, 11) is 0. The highest BCUT2D eigenvalue weighted by Crippen LogP contribution is 2.15. The second-order valence-corrected chi connectivity index (χ2v) is 13.9. The van der Waals surface area contributed by atoms with Crippen LogP contribution in [-0.2, 0) is 33.2 Å². The van der Waals surface area contributed by atoms with Crippen molar-refractivity contribution in [2.45, 2.75) is 221 Å². The van der Waals surface area contributed by atoms with E-state index < -0.39 is 12.6 Å². The summed E-state index contributed by atoms with van der Waals surface area (Å²) >= 11 is 0. The molecule has 2 unspecified atom stereocenters. The summed E-state index contributed by atoms with van der Waals surface area (Å²) in [4.78, 5) is 0. The molecule has 0 saturated carbocycles. The van der Waals surface area contributed by atoms with Gasteiger partial charge in [0.15, 0.2) is 25.2 Å². The van der Waals surface area contributed by atoms with E-state index in [4.69, 9.17) is 33.2 Å². The molecule has 0 aromatic carbocycles. The van der Waals surface area contributed by atoms with Gasteiger partial charge in [0.25, 0.3) is 0 Å². The molecule has 0 saturated heterocycles. The van der Waals surface area contributed by atoms with Crippen LogP contribution in [0.2, 0.25) is 0 Å². The van der Waals surface area contributed by atoms with E-state index >= 15 is 0 Å². The van der Waals surface area contributed by atoms with Crippen LogP contribution in [0.25, 0.3) is 0 Å². The van der Waals surface area contributed by atoms with Crippen molar-refractivity contribution in [1.82, 2.24) is 0 Å². The van der Waals surface area contributed by atoms with Crippen LogP contribution < -0.4 is 0 Å². The molecule has 0 spiro atoms. The number of unbranched alkanes of at least 4 members (excludes halogenated alkanes) is 14. The molecule has 0 fully saturated rings. The van der Waals surface area contributed by atoms with E-state index in [1.165, 1.54) is 64.2 Å². The Morgan fingerprint density at radius 3 is 1.04 bits per heavy atom. The third kappa shape index (κ3) is 36.0. The first-order chi connectivity index (χ1) is 25.1. The van der Waals surface area contributed by atoms with Crippen LogP contribution in [0, 0.1) is 0 Å². The molecule has 0 rings (SSSR count). The Morgan fingerprint density at radius 2 is 0.686 bits per heavy atom. The largest absolute Gasteiger partial charge is 0.353 e. The summed E-state index contributed by atoms with van der Waals surface area (Å²) < 4.78 is 42.8. The fraction of sp³-hybridized carbons (Fsp3) is 0.909. The van der Waals surface area contributed by atoms with E-state index in [0.29, 0.717) is 13.2 Å². The molecule has 0 amide bonds. The molecule has 0 radical (unpaired) electrons. The van der Waals surface area contributed by atoms with Crippen molar-refractivity contribution in [3.63, 3.8) is 0 Å². The van der Waals surface area contributed by atoms with E-state index in [1.54, 1.807) is 0 Å². The molecule has 7 heteroatoms. The van der Waals surface area contributed by atoms with Gasteiger partial charge in [-0.3, -0.25) is 0 Å². The third-order valence-corrected chi connectivity index (χ3v) is 8.57. The minimum atomic E-state index is -0.430. The van der Waals surface area contributed by atoms with Gasteiger partial charge in [-0.25, -0.2) is 0 Å². The van der Waals surface area contributed by atoms with Crippen molar-refractivity contribution in [2.24, 2.45) is 0 Å². The van der Waals surface area contributed by atoms with Crippen LogP contribution in [0.3, 0.4) is 0 Å². The van der Waals surface area contributed by atoms with Gasteiger partial charge in [-0.1, -0.05) is 118 Å². The highest BCUT2D eigenvalue weighted by molar-refractivity contribution is 4.90. The molecule has 7 nitrogen and oxygen atoms in total. The van der Waals surface area contributed by atoms with Gasteiger partial charge in [0.1, 0.15) is 0 Å². The van der Waals surface area contributed by atoms with E-state index in [9.17, 15) is 0 Å². The molecule has 0 N–H and O–H groups in total. The van der Waals surface area contributed by atoms with Crippen molar-refractivity contribution in [1.29, 1.82) is 0 Å². The van der Waals surface area contributed by atoms with Crippen LogP contribution in [-0.4, -0.2) is 64.8 Å². The summed E-state index contributed by atoms with van der Waals surface area (Å²) in [5.41, 5.74) is 0. The average molecular weight is 727 g/mol. The summed E-state index contributed by atoms with van der Waals surface area (Å²) in [6.07, 6.45) is 34.5. The first kappa shape index (κ1) is 50.2. The molecule has 0 bridgehead atoms. The second kappa shape index (κ2) is 41.9. The normalized spacial score (nSPS) is 13.5. The molecule has 0 aliphatic carbocycles. The fourth-order valence-corrected chi connectivity index (χ4v) is 5.56. The van der Waals surface area contributed by atoms with Crippen molar-refractivity contribution in [2.75, 3.05) is 39.6 Å². The van der Waals surface area contributed by atoms with Crippen molar-refractivity contribution in [3.05, 3.63) is 24.3 Å². The molecule has 51 heavy (non-hydrogen) atoms. The molecule has 2 atom stereocenters. The molecule has 0 aliphatic rings. The number of rotatable bonds is 42. The van der Waals surface area contributed by atoms with Gasteiger partial charge in [0, 0.05) is 26.4 Å². The zero-order valence-electron chi connectivity index (χ0n) is 34.7. The standard InChI is InChI=1S/C44H86O7/c1-7-13-15-17-23-29-39-49-43(33-27-21-19-25-31-41(45-35-9-3)46-36-10-4)51-44(50-40-30-24-18-16-14-8-2)34-28-22-20-26-32-42(47-37-11-5)48-38-12-6/h27-28,33-34,41-44H,7-26,29-32,35-40H2,1-6H3. The molecule has 304 valence electrons. The Bertz CT molecular complexity index is 642. The van der Waals surface area contributed by atoms with Gasteiger partial charge in [0.2, 0.25) is 0 Å². The highest BCUT2D eigenvalue weighted by atomic mass is 16.8. The van der Waals surface area contributed by atoms with Gasteiger partial charge in [0.05, 0.1) is 13.2 Å². The smallest absolute Gasteiger partial charge is 0.180 e. The van der Waals surface area contributed by atoms with Crippen LogP contribution in [0.5, 0.6) is 0 Å². The number of hydrogen-bond acceptors (Lipinski definition) is 7. The first-order valence-corrected chi connectivity index (χ1v) is 21.8. The van der Waals surface area contributed by atoms with Crippen molar-refractivity contribution in [3.8, 4) is 0 Å². The molecule has 0 aliphatic heterocycles. The third-order valence-electron chi connectivity index (χ3n) is 8.57. The topological polar surface area (TPSA) is 64.6 Å². The molecular formula is C44H86O7. The van der Waals surface area contributed by atoms with Gasteiger partial charge in [-0.2, -0.15) is 0 Å². The van der Waals surface area contributed by atoms with E-state index in [0.717, 1.165) is 116 Å². The lowest BCUT2D eigenvalue weighted by molar-refractivity contribution is -0.208. The van der Waals surface area contributed by atoms with Crippen molar-refractivity contribution >= 4 is 0 Å². The Labute approximate surface area is 317 Å². The number of ether oxygens (including phenoxy) is 7. The quantitative estimate of drug-likeness (QED) is 0.0352. The lowest BCUT2D eigenvalue weighted by Crippen LogP contribution is -2.25. The molecule has 0 aromatic heterocycles. The first-order valence-electron chi connectivity index (χ1n) is 21.8. The van der Waals surface area contributed by atoms with Gasteiger partial charge >= 0.3 is 0 Å². The predicted molar refractivity (Wildman–Crippen MR) is 215 cm³/mol. The Morgan fingerprint density at radius 1 is 0.333 bits per heavy atom. The second-order valence-electron chi connectivity index (χ2n) is 13.9. The Hall–Kier alpha value is -0.800. The minimum Gasteiger partial charge on any atom is -0.353 e. The van der Waals surface area contributed by atoms with Gasteiger partial charge < -0.3 is 33.2 Å². The minimum absolute atomic E-state index is 0.0906. The maximum absolute atomic E-state index is 6.51. The monoisotopic (exact) mass is 727 g/mol. The van der Waals surface area contributed by atoms with Crippen LogP contribution >= 0.6 is 0 Å². The van der Waals surface area contributed by atoms with E-state index in [-0.39, 0.29) is 12.6 Å². The van der Waals surface area contributed by atoms with Crippen molar-refractivity contribution < 1.29 is 33.2 Å². The van der Waals surface area contributed by atoms with Crippen LogP contribution in [0.15, 0.2) is 24.3 Å². The predicted octanol–water partition coefficient (Wildman–Crippen LogP) is 13.0. The SMILES string of the molecule is CCCCCCCCOC(C=CCCCCC(OCCC)OCCC)OC(C=CCCCCC(OCCC)OCCC)OCCCCCCCC. The summed E-state index contributed by atoms with van der Waals surface area (Å²) in [5, 5.41) is 0. The summed E-state index contributed by atoms with van der Waals surface area (Å²) in [6.45, 7) is 17.5. The highest BCUT2D eigenvalue weighted by Gasteiger charge is 2.14. The van der Waals surface area contributed by atoms with E-state index in [2.05, 4.69) is 65.8 Å². The Kier molecular flexibility index (Phi) is 41.3. The number of hydrogen-bond donors (Lipinski definition) is 0. The van der Waals surface area contributed by atoms with Gasteiger partial charge in [-0.05, 0) is 102 Å². The summed E-state index contributed by atoms with van der Waals surface area (Å²) in [5.74, 6) is 0. The zero-order valence-corrected chi connectivity index (χ0v) is 34.7. The Balaban J connectivity index is 5.22.